The third-order valence-electron chi connectivity index (χ3n) is 2.29. The normalized spacial score (nSPS) is 11.8. The van der Waals surface area contributed by atoms with Crippen LogP contribution in [-0.2, 0) is 6.18 Å². The summed E-state index contributed by atoms with van der Waals surface area (Å²) in [5.41, 5.74) is -0.641. The third-order valence-corrected chi connectivity index (χ3v) is 2.29. The van der Waals surface area contributed by atoms with E-state index >= 15 is 0 Å². The second kappa shape index (κ2) is 3.87. The van der Waals surface area contributed by atoms with Crippen LogP contribution in [0, 0.1) is 12.7 Å². The summed E-state index contributed by atoms with van der Waals surface area (Å²) in [4.78, 5) is 0. The van der Waals surface area contributed by atoms with Crippen molar-refractivity contribution in [1.82, 2.24) is 9.78 Å². The number of nitrogens with zero attached hydrogens (tertiary/aromatic N) is 2. The van der Waals surface area contributed by atoms with Crippen LogP contribution < -0.4 is 0 Å². The highest BCUT2D eigenvalue weighted by molar-refractivity contribution is 5.35. The molecule has 0 N–H and O–H groups in total. The Morgan fingerprint density at radius 3 is 2.24 bits per heavy atom. The molecular weight excluding hydrogens is 236 g/mol. The average Bonchev–Trinajstić information content (AvgIpc) is 2.61. The van der Waals surface area contributed by atoms with Crippen LogP contribution >= 0.6 is 0 Å². The van der Waals surface area contributed by atoms with Crippen LogP contribution in [0.5, 0.6) is 0 Å². The highest BCUT2D eigenvalue weighted by Gasteiger charge is 2.37. The zero-order valence-corrected chi connectivity index (χ0v) is 8.79. The Labute approximate surface area is 94.5 Å². The van der Waals surface area contributed by atoms with Crippen molar-refractivity contribution in [3.8, 4) is 5.69 Å². The van der Waals surface area contributed by atoms with Gasteiger partial charge in [-0.1, -0.05) is 0 Å². The van der Waals surface area contributed by atoms with Crippen LogP contribution in [0.15, 0.2) is 30.5 Å². The third kappa shape index (κ3) is 2.15. The summed E-state index contributed by atoms with van der Waals surface area (Å²) in [5.74, 6) is -0.508. The molecule has 2 nitrogen and oxygen atoms in total. The molecule has 0 unspecified atom stereocenters. The van der Waals surface area contributed by atoms with Gasteiger partial charge < -0.3 is 0 Å². The highest BCUT2D eigenvalue weighted by atomic mass is 19.4. The molecule has 1 heterocycles. The number of aryl methyl sites for hydroxylation is 1. The van der Waals surface area contributed by atoms with Crippen LogP contribution in [0.4, 0.5) is 17.6 Å². The van der Waals surface area contributed by atoms with Crippen LogP contribution in [0.3, 0.4) is 0 Å². The summed E-state index contributed by atoms with van der Waals surface area (Å²) in [7, 11) is 0. The zero-order valence-electron chi connectivity index (χ0n) is 8.79. The first-order valence-corrected chi connectivity index (χ1v) is 4.77. The van der Waals surface area contributed by atoms with Gasteiger partial charge in [0.1, 0.15) is 5.82 Å². The Bertz CT molecular complexity index is 525. The van der Waals surface area contributed by atoms with Crippen LogP contribution in [0.2, 0.25) is 0 Å². The monoisotopic (exact) mass is 244 g/mol. The Morgan fingerprint density at radius 1 is 1.12 bits per heavy atom. The fourth-order valence-corrected chi connectivity index (χ4v) is 1.55. The number of benzene rings is 1. The summed E-state index contributed by atoms with van der Waals surface area (Å²) in [6, 6.07) is 4.67. The summed E-state index contributed by atoms with van der Waals surface area (Å²) < 4.78 is 51.8. The molecule has 0 amide bonds. The molecule has 1 aromatic carbocycles. The van der Waals surface area contributed by atoms with Crippen molar-refractivity contribution >= 4 is 0 Å². The van der Waals surface area contributed by atoms with Crippen molar-refractivity contribution in [3.63, 3.8) is 0 Å². The Hall–Kier alpha value is -1.85. The Balaban J connectivity index is 2.57. The SMILES string of the molecule is Cc1cnn(-c2ccc(F)cc2)c1C(F)(F)F. The standard InChI is InChI=1S/C11H8F4N2/c1-7-6-16-17(10(7)11(13,14)15)9-4-2-8(12)3-5-9/h2-6H,1H3. The van der Waals surface area contributed by atoms with E-state index in [1.165, 1.54) is 19.1 Å². The number of hydrogen-bond acceptors (Lipinski definition) is 1. The van der Waals surface area contributed by atoms with E-state index in [1.54, 1.807) is 0 Å². The first kappa shape index (κ1) is 11.6. The number of rotatable bonds is 1. The van der Waals surface area contributed by atoms with Crippen molar-refractivity contribution in [2.45, 2.75) is 13.1 Å². The van der Waals surface area contributed by atoms with Crippen molar-refractivity contribution in [2.75, 3.05) is 0 Å². The minimum absolute atomic E-state index is 0.0295. The van der Waals surface area contributed by atoms with Gasteiger partial charge >= 0.3 is 6.18 Å². The second-order valence-electron chi connectivity index (χ2n) is 3.56. The molecule has 90 valence electrons. The number of alkyl halides is 3. The van der Waals surface area contributed by atoms with Gasteiger partial charge in [0.15, 0.2) is 5.69 Å². The summed E-state index contributed by atoms with van der Waals surface area (Å²) in [6.07, 6.45) is -3.36. The van der Waals surface area contributed by atoms with Crippen molar-refractivity contribution < 1.29 is 17.6 Å². The summed E-state index contributed by atoms with van der Waals surface area (Å²) >= 11 is 0. The highest BCUT2D eigenvalue weighted by Crippen LogP contribution is 2.33. The molecule has 0 radical (unpaired) electrons. The molecule has 1 aromatic heterocycles. The summed E-state index contributed by atoms with van der Waals surface area (Å²) in [5, 5.41) is 3.66. The van der Waals surface area contributed by atoms with E-state index in [9.17, 15) is 17.6 Å². The molecule has 0 spiro atoms. The predicted octanol–water partition coefficient (Wildman–Crippen LogP) is 3.34. The molecule has 17 heavy (non-hydrogen) atoms. The maximum Gasteiger partial charge on any atom is 0.433 e. The molecule has 0 fully saturated rings. The van der Waals surface area contributed by atoms with Crippen molar-refractivity contribution in [2.24, 2.45) is 0 Å². The van der Waals surface area contributed by atoms with Crippen molar-refractivity contribution in [1.29, 1.82) is 0 Å². The van der Waals surface area contributed by atoms with Gasteiger partial charge in [-0.15, -0.1) is 0 Å². The Kier molecular flexibility index (Phi) is 2.65. The van der Waals surface area contributed by atoms with Gasteiger partial charge in [0.05, 0.1) is 11.9 Å². The van der Waals surface area contributed by atoms with E-state index in [2.05, 4.69) is 5.10 Å². The molecule has 0 aliphatic carbocycles. The van der Waals surface area contributed by atoms with Gasteiger partial charge in [0.25, 0.3) is 0 Å². The lowest BCUT2D eigenvalue weighted by Gasteiger charge is -2.11. The van der Waals surface area contributed by atoms with Crippen LogP contribution in [0.25, 0.3) is 5.69 Å². The topological polar surface area (TPSA) is 17.8 Å². The molecule has 0 aliphatic rings. The first-order valence-electron chi connectivity index (χ1n) is 4.77. The van der Waals surface area contributed by atoms with E-state index in [-0.39, 0.29) is 11.3 Å². The van der Waals surface area contributed by atoms with Crippen LogP contribution in [0.1, 0.15) is 11.3 Å². The van der Waals surface area contributed by atoms with E-state index in [4.69, 9.17) is 0 Å². The van der Waals surface area contributed by atoms with E-state index in [0.717, 1.165) is 23.0 Å². The summed E-state index contributed by atoms with van der Waals surface area (Å²) in [6.45, 7) is 1.33. The van der Waals surface area contributed by atoms with Crippen molar-refractivity contribution in [3.05, 3.63) is 47.5 Å². The van der Waals surface area contributed by atoms with E-state index in [0.29, 0.717) is 0 Å². The molecule has 2 rings (SSSR count). The van der Waals surface area contributed by atoms with Crippen LogP contribution in [-0.4, -0.2) is 9.78 Å². The van der Waals surface area contributed by atoms with Gasteiger partial charge in [0, 0.05) is 0 Å². The van der Waals surface area contributed by atoms with Gasteiger partial charge in [-0.3, -0.25) is 0 Å². The maximum absolute atomic E-state index is 12.8. The number of hydrogen-bond donors (Lipinski definition) is 0. The largest absolute Gasteiger partial charge is 0.433 e. The molecule has 0 atom stereocenters. The van der Waals surface area contributed by atoms with Gasteiger partial charge in [0.2, 0.25) is 0 Å². The fourth-order valence-electron chi connectivity index (χ4n) is 1.55. The first-order chi connectivity index (χ1) is 7.89. The molecule has 0 aliphatic heterocycles. The van der Waals surface area contributed by atoms with E-state index in [1.807, 2.05) is 0 Å². The lowest BCUT2D eigenvalue weighted by Crippen LogP contribution is -2.14. The minimum atomic E-state index is -4.49. The lowest BCUT2D eigenvalue weighted by molar-refractivity contribution is -0.143. The lowest BCUT2D eigenvalue weighted by atomic mass is 10.2. The molecule has 2 aromatic rings. The van der Waals surface area contributed by atoms with Gasteiger partial charge in [-0.25, -0.2) is 9.07 Å². The smallest absolute Gasteiger partial charge is 0.228 e. The van der Waals surface area contributed by atoms with E-state index < -0.39 is 17.7 Å². The molecule has 0 saturated carbocycles. The Morgan fingerprint density at radius 2 is 1.71 bits per heavy atom. The number of aromatic nitrogens is 2. The molecule has 6 heteroatoms. The van der Waals surface area contributed by atoms with Gasteiger partial charge in [-0.05, 0) is 36.8 Å². The van der Waals surface area contributed by atoms with Gasteiger partial charge in [-0.2, -0.15) is 18.3 Å². The zero-order chi connectivity index (χ0) is 12.6. The predicted molar refractivity (Wildman–Crippen MR) is 53.3 cm³/mol. The fraction of sp³-hybridized carbons (Fsp3) is 0.182. The average molecular weight is 244 g/mol. The maximum atomic E-state index is 12.8. The molecule has 0 saturated heterocycles. The quantitative estimate of drug-likeness (QED) is 0.703. The second-order valence-corrected chi connectivity index (χ2v) is 3.56. The number of halogens is 4. The molecule has 0 bridgehead atoms. The molecular formula is C11H8F4N2. The minimum Gasteiger partial charge on any atom is -0.228 e.